The highest BCUT2D eigenvalue weighted by Gasteiger charge is 2.18. The highest BCUT2D eigenvalue weighted by atomic mass is 16.7. The lowest BCUT2D eigenvalue weighted by Crippen LogP contribution is -2.38. The summed E-state index contributed by atoms with van der Waals surface area (Å²) in [5.74, 6) is 0. The lowest BCUT2D eigenvalue weighted by Gasteiger charge is -2.10. The first-order valence-corrected chi connectivity index (χ1v) is 3.98. The Kier molecular flexibility index (Phi) is 4.08. The summed E-state index contributed by atoms with van der Waals surface area (Å²) in [6.45, 7) is 3.47. The van der Waals surface area contributed by atoms with Crippen LogP contribution in [0.4, 0.5) is 0 Å². The zero-order valence-corrected chi connectivity index (χ0v) is 7.57. The van der Waals surface area contributed by atoms with Crippen molar-refractivity contribution in [3.05, 3.63) is 43.1 Å². The summed E-state index contributed by atoms with van der Waals surface area (Å²) in [7, 11) is 1.18. The zero-order chi connectivity index (χ0) is 9.52. The van der Waals surface area contributed by atoms with Crippen LogP contribution < -0.4 is 10.9 Å². The lowest BCUT2D eigenvalue weighted by molar-refractivity contribution is 0.186. The smallest absolute Gasteiger partial charge is 0.409 e. The fourth-order valence-corrected chi connectivity index (χ4v) is 0.972. The molecule has 0 unspecified atom stereocenters. The van der Waals surface area contributed by atoms with Crippen molar-refractivity contribution in [2.24, 2.45) is 0 Å². The molecule has 13 heavy (non-hydrogen) atoms. The Balaban J connectivity index is 2.61. The van der Waals surface area contributed by atoms with Crippen LogP contribution in [-0.4, -0.2) is 14.2 Å². The number of rotatable bonds is 5. The maximum absolute atomic E-state index is 5.14. The van der Waals surface area contributed by atoms with E-state index in [1.807, 2.05) is 30.3 Å². The van der Waals surface area contributed by atoms with Crippen LogP contribution in [0.25, 0.3) is 0 Å². The fourth-order valence-electron chi connectivity index (χ4n) is 0.972. The molecule has 0 amide bonds. The van der Waals surface area contributed by atoms with Crippen molar-refractivity contribution in [3.63, 3.8) is 0 Å². The van der Waals surface area contributed by atoms with Crippen LogP contribution in [0.15, 0.2) is 43.1 Å². The van der Waals surface area contributed by atoms with Crippen LogP contribution in [0.1, 0.15) is 0 Å². The summed E-state index contributed by atoms with van der Waals surface area (Å²) < 4.78 is 10.2. The van der Waals surface area contributed by atoms with Crippen molar-refractivity contribution in [1.82, 2.24) is 5.48 Å². The van der Waals surface area contributed by atoms with E-state index in [-0.39, 0.29) is 0 Å². The van der Waals surface area contributed by atoms with Gasteiger partial charge in [-0.15, -0.1) is 0 Å². The van der Waals surface area contributed by atoms with E-state index in [4.69, 9.17) is 9.41 Å². The molecule has 1 N–H and O–H groups in total. The molecule has 0 radical (unpaired) electrons. The van der Waals surface area contributed by atoms with E-state index >= 15 is 0 Å². The van der Waals surface area contributed by atoms with E-state index in [1.165, 1.54) is 6.20 Å². The predicted molar refractivity (Wildman–Crippen MR) is 53.3 cm³/mol. The van der Waals surface area contributed by atoms with Gasteiger partial charge in [-0.3, -0.25) is 10.2 Å². The second kappa shape index (κ2) is 5.40. The topological polar surface area (TPSA) is 30.5 Å². The minimum atomic E-state index is -0.404. The molecule has 0 atom stereocenters. The van der Waals surface area contributed by atoms with Crippen molar-refractivity contribution in [3.8, 4) is 0 Å². The molecule has 0 fully saturated rings. The standard InChI is InChI=1S/C9H12BNO2/c1-3-11-13-10(12-2)9-7-5-4-6-8-9/h3-8,11H,1H2,2H3. The van der Waals surface area contributed by atoms with Gasteiger partial charge < -0.3 is 4.65 Å². The number of benzene rings is 1. The van der Waals surface area contributed by atoms with Gasteiger partial charge in [0.15, 0.2) is 0 Å². The summed E-state index contributed by atoms with van der Waals surface area (Å²) in [5.41, 5.74) is 3.49. The first kappa shape index (κ1) is 9.83. The van der Waals surface area contributed by atoms with Gasteiger partial charge in [-0.05, 0) is 5.46 Å². The molecular weight excluding hydrogens is 165 g/mol. The third kappa shape index (κ3) is 2.93. The van der Waals surface area contributed by atoms with Crippen LogP contribution in [-0.2, 0) is 9.41 Å². The second-order valence-electron chi connectivity index (χ2n) is 2.42. The van der Waals surface area contributed by atoms with Crippen molar-refractivity contribution in [1.29, 1.82) is 0 Å². The van der Waals surface area contributed by atoms with E-state index < -0.39 is 7.12 Å². The monoisotopic (exact) mass is 177 g/mol. The van der Waals surface area contributed by atoms with Crippen LogP contribution in [0.3, 0.4) is 0 Å². The highest BCUT2D eigenvalue weighted by molar-refractivity contribution is 6.61. The van der Waals surface area contributed by atoms with Gasteiger partial charge >= 0.3 is 7.12 Å². The van der Waals surface area contributed by atoms with Crippen molar-refractivity contribution in [2.45, 2.75) is 0 Å². The molecule has 4 heteroatoms. The predicted octanol–water partition coefficient (Wildman–Crippen LogP) is 0.693. The summed E-state index contributed by atoms with van der Waals surface area (Å²) in [6, 6.07) is 9.66. The van der Waals surface area contributed by atoms with Crippen LogP contribution in [0.2, 0.25) is 0 Å². The van der Waals surface area contributed by atoms with Gasteiger partial charge in [-0.2, -0.15) is 0 Å². The molecule has 68 valence electrons. The average molecular weight is 177 g/mol. The molecule has 0 saturated heterocycles. The third-order valence-corrected chi connectivity index (χ3v) is 1.54. The Morgan fingerprint density at radius 1 is 1.38 bits per heavy atom. The molecular formula is C9H12BNO2. The van der Waals surface area contributed by atoms with Gasteiger partial charge in [0, 0.05) is 13.3 Å². The second-order valence-corrected chi connectivity index (χ2v) is 2.42. The summed E-state index contributed by atoms with van der Waals surface area (Å²) in [6.07, 6.45) is 1.45. The number of hydrogen-bond donors (Lipinski definition) is 1. The van der Waals surface area contributed by atoms with Gasteiger partial charge in [0.2, 0.25) is 0 Å². The molecule has 1 aromatic rings. The fraction of sp³-hybridized carbons (Fsp3) is 0.111. The summed E-state index contributed by atoms with van der Waals surface area (Å²) in [5, 5.41) is 0. The molecule has 0 spiro atoms. The Bertz CT molecular complexity index is 253. The van der Waals surface area contributed by atoms with E-state index in [2.05, 4.69) is 12.1 Å². The normalized spacial score (nSPS) is 9.31. The van der Waals surface area contributed by atoms with Gasteiger partial charge in [-0.25, -0.2) is 0 Å². The van der Waals surface area contributed by atoms with Crippen LogP contribution in [0.5, 0.6) is 0 Å². The van der Waals surface area contributed by atoms with Crippen molar-refractivity contribution >= 4 is 12.6 Å². The Morgan fingerprint density at radius 2 is 2.08 bits per heavy atom. The first-order chi connectivity index (χ1) is 6.38. The zero-order valence-electron chi connectivity index (χ0n) is 7.57. The maximum atomic E-state index is 5.14. The van der Waals surface area contributed by atoms with Crippen LogP contribution in [0, 0.1) is 0 Å². The van der Waals surface area contributed by atoms with Gasteiger partial charge in [0.05, 0.1) is 0 Å². The highest BCUT2D eigenvalue weighted by Crippen LogP contribution is 1.89. The number of hydrogen-bond acceptors (Lipinski definition) is 3. The molecule has 0 aromatic heterocycles. The van der Waals surface area contributed by atoms with Crippen molar-refractivity contribution in [2.75, 3.05) is 7.11 Å². The Hall–Kier alpha value is -1.26. The number of hydroxylamine groups is 1. The molecule has 3 nitrogen and oxygen atoms in total. The lowest BCUT2D eigenvalue weighted by atomic mass is 9.79. The molecule has 0 heterocycles. The molecule has 0 aliphatic carbocycles. The Morgan fingerprint density at radius 3 is 2.62 bits per heavy atom. The molecule has 0 saturated carbocycles. The SMILES string of the molecule is C=CNOB(OC)c1ccccc1. The quantitative estimate of drug-likeness (QED) is 0.530. The maximum Gasteiger partial charge on any atom is 0.516 e. The first-order valence-electron chi connectivity index (χ1n) is 3.98. The van der Waals surface area contributed by atoms with Gasteiger partial charge in [0.1, 0.15) is 0 Å². The summed E-state index contributed by atoms with van der Waals surface area (Å²) in [4.78, 5) is 0. The van der Waals surface area contributed by atoms with E-state index in [0.717, 1.165) is 5.46 Å². The van der Waals surface area contributed by atoms with Gasteiger partial charge in [-0.1, -0.05) is 36.9 Å². The number of nitrogens with one attached hydrogen (secondary N) is 1. The van der Waals surface area contributed by atoms with E-state index in [9.17, 15) is 0 Å². The molecule has 1 rings (SSSR count). The molecule has 0 aliphatic heterocycles. The van der Waals surface area contributed by atoms with E-state index in [0.29, 0.717) is 0 Å². The minimum Gasteiger partial charge on any atom is -0.409 e. The van der Waals surface area contributed by atoms with Gasteiger partial charge in [0.25, 0.3) is 0 Å². The summed E-state index contributed by atoms with van der Waals surface area (Å²) >= 11 is 0. The Labute approximate surface area is 78.5 Å². The molecule has 0 aliphatic rings. The molecule has 1 aromatic carbocycles. The average Bonchev–Trinajstić information content (AvgIpc) is 2.21. The molecule has 0 bridgehead atoms. The minimum absolute atomic E-state index is 0.404. The van der Waals surface area contributed by atoms with E-state index in [1.54, 1.807) is 7.11 Å². The van der Waals surface area contributed by atoms with Crippen molar-refractivity contribution < 1.29 is 9.41 Å². The third-order valence-electron chi connectivity index (χ3n) is 1.54. The van der Waals surface area contributed by atoms with Crippen LogP contribution >= 0.6 is 0 Å². The largest absolute Gasteiger partial charge is 0.516 e.